The van der Waals surface area contributed by atoms with Crippen LogP contribution in [0.25, 0.3) is 0 Å². The van der Waals surface area contributed by atoms with E-state index < -0.39 is 5.92 Å². The van der Waals surface area contributed by atoms with Crippen molar-refractivity contribution in [2.45, 2.75) is 5.92 Å². The minimum atomic E-state index is -0.487. The number of nitrogens with zero attached hydrogens (tertiary/aromatic N) is 2. The Balaban J connectivity index is 2.14. The van der Waals surface area contributed by atoms with E-state index in [-0.39, 0.29) is 11.2 Å². The average Bonchev–Trinajstić information content (AvgIpc) is 2.64. The highest BCUT2D eigenvalue weighted by Gasteiger charge is 2.33. The van der Waals surface area contributed by atoms with Crippen molar-refractivity contribution in [3.63, 3.8) is 0 Å². The lowest BCUT2D eigenvalue weighted by Gasteiger charge is -2.08. The Labute approximate surface area is 113 Å². The fourth-order valence-corrected chi connectivity index (χ4v) is 2.37. The molecular weight excluding hydrogens is 273 g/mol. The summed E-state index contributed by atoms with van der Waals surface area (Å²) in [4.78, 5) is 19.9. The first-order valence-corrected chi connectivity index (χ1v) is 5.99. The molecule has 0 saturated carbocycles. The molecule has 1 unspecified atom stereocenters. The van der Waals surface area contributed by atoms with Crippen LogP contribution in [0.2, 0.25) is 10.3 Å². The number of nitrogens with one attached hydrogen (secondary N) is 1. The van der Waals surface area contributed by atoms with Gasteiger partial charge in [0, 0.05) is 16.9 Å². The number of carbonyl (C=O) groups excluding carboxylic acids is 1. The van der Waals surface area contributed by atoms with E-state index >= 15 is 0 Å². The molecule has 2 heterocycles. The van der Waals surface area contributed by atoms with E-state index in [9.17, 15) is 4.79 Å². The van der Waals surface area contributed by atoms with E-state index in [1.807, 2.05) is 0 Å². The van der Waals surface area contributed by atoms with Crippen LogP contribution in [0, 0.1) is 0 Å². The van der Waals surface area contributed by atoms with Crippen molar-refractivity contribution < 1.29 is 4.79 Å². The van der Waals surface area contributed by atoms with Crippen molar-refractivity contribution in [3.8, 4) is 0 Å². The van der Waals surface area contributed by atoms with Gasteiger partial charge in [-0.25, -0.2) is 9.97 Å². The van der Waals surface area contributed by atoms with E-state index in [0.717, 1.165) is 11.3 Å². The van der Waals surface area contributed by atoms with Gasteiger partial charge in [0.05, 0.1) is 5.69 Å². The van der Waals surface area contributed by atoms with E-state index in [1.54, 1.807) is 24.3 Å². The van der Waals surface area contributed by atoms with Crippen LogP contribution in [0.1, 0.15) is 17.2 Å². The van der Waals surface area contributed by atoms with Crippen molar-refractivity contribution in [1.29, 1.82) is 0 Å². The predicted molar refractivity (Wildman–Crippen MR) is 69.0 cm³/mol. The number of fused-ring (bicyclic) bond motifs is 1. The summed E-state index contributed by atoms with van der Waals surface area (Å²) in [6.45, 7) is 0. The number of halogens is 2. The molecule has 6 heteroatoms. The zero-order valence-electron chi connectivity index (χ0n) is 9.02. The molecule has 0 bridgehead atoms. The lowest BCUT2D eigenvalue weighted by atomic mass is 9.97. The second-order valence-electron chi connectivity index (χ2n) is 3.90. The Bertz CT molecular complexity index is 645. The van der Waals surface area contributed by atoms with Crippen LogP contribution in [0.15, 0.2) is 30.5 Å². The number of hydrogen-bond donors (Lipinski definition) is 1. The number of anilines is 1. The highest BCUT2D eigenvalue weighted by atomic mass is 35.5. The summed E-state index contributed by atoms with van der Waals surface area (Å²) in [7, 11) is 0. The molecule has 0 radical (unpaired) electrons. The van der Waals surface area contributed by atoms with Gasteiger partial charge in [0.2, 0.25) is 11.2 Å². The highest BCUT2D eigenvalue weighted by molar-refractivity contribution is 6.31. The van der Waals surface area contributed by atoms with Gasteiger partial charge in [0.15, 0.2) is 0 Å². The van der Waals surface area contributed by atoms with Gasteiger partial charge in [-0.1, -0.05) is 11.6 Å². The molecule has 90 valence electrons. The Morgan fingerprint density at radius 2 is 2.06 bits per heavy atom. The molecule has 1 aromatic heterocycles. The van der Waals surface area contributed by atoms with Gasteiger partial charge >= 0.3 is 0 Å². The van der Waals surface area contributed by atoms with Crippen molar-refractivity contribution in [1.82, 2.24) is 9.97 Å². The summed E-state index contributed by atoms with van der Waals surface area (Å²) in [5.74, 6) is -0.624. The van der Waals surface area contributed by atoms with Crippen molar-refractivity contribution in [2.75, 3.05) is 5.32 Å². The monoisotopic (exact) mass is 279 g/mol. The molecular formula is C12H7Cl2N3O. The van der Waals surface area contributed by atoms with Crippen LogP contribution in [-0.2, 0) is 4.79 Å². The minimum absolute atomic E-state index is 0.121. The smallest absolute Gasteiger partial charge is 0.238 e. The molecule has 0 spiro atoms. The first-order chi connectivity index (χ1) is 8.65. The van der Waals surface area contributed by atoms with E-state index in [0.29, 0.717) is 10.7 Å². The maximum atomic E-state index is 12.0. The molecule has 0 saturated heterocycles. The lowest BCUT2D eigenvalue weighted by Crippen LogP contribution is -2.14. The van der Waals surface area contributed by atoms with Crippen LogP contribution in [0.3, 0.4) is 0 Å². The summed E-state index contributed by atoms with van der Waals surface area (Å²) in [5, 5.41) is 3.49. The average molecular weight is 280 g/mol. The first-order valence-electron chi connectivity index (χ1n) is 5.24. The molecule has 1 atom stereocenters. The van der Waals surface area contributed by atoms with Crippen molar-refractivity contribution in [2.24, 2.45) is 0 Å². The first kappa shape index (κ1) is 11.4. The van der Waals surface area contributed by atoms with Gasteiger partial charge in [-0.2, -0.15) is 0 Å². The van der Waals surface area contributed by atoms with Crippen LogP contribution in [0.5, 0.6) is 0 Å². The number of carbonyl (C=O) groups is 1. The Morgan fingerprint density at radius 3 is 2.83 bits per heavy atom. The fourth-order valence-electron chi connectivity index (χ4n) is 2.03. The molecule has 0 aliphatic carbocycles. The van der Waals surface area contributed by atoms with Gasteiger partial charge in [-0.15, -0.1) is 0 Å². The summed E-state index contributed by atoms with van der Waals surface area (Å²) >= 11 is 11.7. The molecule has 18 heavy (non-hydrogen) atoms. The molecule has 0 fully saturated rings. The van der Waals surface area contributed by atoms with Crippen LogP contribution in [0.4, 0.5) is 5.69 Å². The molecule has 2 aromatic rings. The normalized spacial score (nSPS) is 17.4. The third kappa shape index (κ3) is 1.83. The standard InChI is InChI=1S/C12H7Cl2N3O/c13-6-1-2-8-7(5-6)10(11(18)16-8)9-3-4-15-12(14)17-9/h1-5,10H,(H,16,18). The molecule has 3 rings (SSSR count). The Hall–Kier alpha value is -1.65. The van der Waals surface area contributed by atoms with Gasteiger partial charge in [0.1, 0.15) is 5.92 Å². The maximum absolute atomic E-state index is 12.0. The Kier molecular flexibility index (Phi) is 2.69. The molecule has 1 amide bonds. The van der Waals surface area contributed by atoms with E-state index in [4.69, 9.17) is 23.2 Å². The SMILES string of the molecule is O=C1Nc2ccc(Cl)cc2C1c1ccnc(Cl)n1. The van der Waals surface area contributed by atoms with Gasteiger partial charge in [-0.3, -0.25) is 4.79 Å². The maximum Gasteiger partial charge on any atom is 0.238 e. The number of benzene rings is 1. The highest BCUT2D eigenvalue weighted by Crippen LogP contribution is 2.37. The van der Waals surface area contributed by atoms with Gasteiger partial charge in [-0.05, 0) is 41.4 Å². The molecule has 1 aromatic carbocycles. The fraction of sp³-hybridized carbons (Fsp3) is 0.0833. The lowest BCUT2D eigenvalue weighted by molar-refractivity contribution is -0.116. The molecule has 4 nitrogen and oxygen atoms in total. The van der Waals surface area contributed by atoms with Crippen LogP contribution >= 0.6 is 23.2 Å². The zero-order valence-corrected chi connectivity index (χ0v) is 10.5. The van der Waals surface area contributed by atoms with Crippen LogP contribution in [-0.4, -0.2) is 15.9 Å². The number of amides is 1. The minimum Gasteiger partial charge on any atom is -0.325 e. The van der Waals surface area contributed by atoms with Gasteiger partial charge < -0.3 is 5.32 Å². The van der Waals surface area contributed by atoms with Crippen LogP contribution < -0.4 is 5.32 Å². The van der Waals surface area contributed by atoms with Crippen molar-refractivity contribution >= 4 is 34.8 Å². The molecule has 1 N–H and O–H groups in total. The third-order valence-electron chi connectivity index (χ3n) is 2.79. The number of rotatable bonds is 1. The summed E-state index contributed by atoms with van der Waals surface area (Å²) in [5.41, 5.74) is 2.12. The predicted octanol–water partition coefficient (Wildman–Crippen LogP) is 2.87. The quantitative estimate of drug-likeness (QED) is 0.817. The van der Waals surface area contributed by atoms with Crippen molar-refractivity contribution in [3.05, 3.63) is 52.0 Å². The summed E-state index contributed by atoms with van der Waals surface area (Å²) in [6, 6.07) is 6.94. The second-order valence-corrected chi connectivity index (χ2v) is 4.68. The summed E-state index contributed by atoms with van der Waals surface area (Å²) < 4.78 is 0. The third-order valence-corrected chi connectivity index (χ3v) is 3.21. The topological polar surface area (TPSA) is 54.9 Å². The number of aromatic nitrogens is 2. The van der Waals surface area contributed by atoms with E-state index in [2.05, 4.69) is 15.3 Å². The largest absolute Gasteiger partial charge is 0.325 e. The molecule has 1 aliphatic rings. The van der Waals surface area contributed by atoms with E-state index in [1.165, 1.54) is 6.20 Å². The van der Waals surface area contributed by atoms with Gasteiger partial charge in [0.25, 0.3) is 0 Å². The Morgan fingerprint density at radius 1 is 1.22 bits per heavy atom. The zero-order chi connectivity index (χ0) is 12.7. The second kappa shape index (κ2) is 4.23. The number of hydrogen-bond acceptors (Lipinski definition) is 3. The molecule has 1 aliphatic heterocycles. The summed E-state index contributed by atoms with van der Waals surface area (Å²) in [6.07, 6.45) is 1.53.